The Balaban J connectivity index is 1.72. The van der Waals surface area contributed by atoms with Gasteiger partial charge in [0.15, 0.2) is 23.8 Å². The van der Waals surface area contributed by atoms with Crippen LogP contribution < -0.4 is 93.7 Å². The summed E-state index contributed by atoms with van der Waals surface area (Å²) in [7, 11) is 1.44. The molecule has 2 aliphatic heterocycles. The number of carbonyl (C=O) groups excluding carboxylic acids is 6. The van der Waals surface area contributed by atoms with Gasteiger partial charge in [-0.05, 0) is 187 Å². The smallest absolute Gasteiger partial charge is 0.326 e. The van der Waals surface area contributed by atoms with Gasteiger partial charge >= 0.3 is 18.0 Å². The van der Waals surface area contributed by atoms with Crippen LogP contribution in [0.3, 0.4) is 0 Å². The fourth-order valence-electron chi connectivity index (χ4n) is 14.8. The molecule has 52 heteroatoms. The number of benzene rings is 4. The first-order valence-corrected chi connectivity index (χ1v) is 48.6. The molecule has 0 spiro atoms. The average molecular weight is 2010 g/mol. The van der Waals surface area contributed by atoms with Crippen molar-refractivity contribution in [2.75, 3.05) is 63.9 Å². The highest BCUT2D eigenvalue weighted by atomic mass is 33.1. The molecule has 1 fully saturated rings. The van der Waals surface area contributed by atoms with Crippen LogP contribution in [-0.2, 0) is 52.8 Å². The highest BCUT2D eigenvalue weighted by Crippen LogP contribution is 2.29. The van der Waals surface area contributed by atoms with Crippen molar-refractivity contribution in [3.8, 4) is 11.5 Å². The number of carboxylic acid groups (broad SMARTS) is 2. The van der Waals surface area contributed by atoms with Crippen LogP contribution in [0, 0.1) is 21.6 Å². The molecular weight excluding hydrogens is 1870 g/mol. The largest absolute Gasteiger partial charge is 0.508 e. The number of hydrogen-bond acceptors (Lipinski definition) is 27. The lowest BCUT2D eigenvalue weighted by Gasteiger charge is -2.27. The van der Waals surface area contributed by atoms with Gasteiger partial charge in [-0.15, -0.1) is 0 Å². The van der Waals surface area contributed by atoms with Crippen LogP contribution in [-0.4, -0.2) is 333 Å². The summed E-state index contributed by atoms with van der Waals surface area (Å²) >= 11 is 0. The molecule has 2 aliphatic rings. The third-order valence-corrected chi connectivity index (χ3v) is 24.7. The molecule has 7 amide bonds. The lowest BCUT2D eigenvalue weighted by molar-refractivity contribution is -0.143. The number of aliphatic carboxylic acids is 2. The summed E-state index contributed by atoms with van der Waals surface area (Å²) < 4.78 is 0. The maximum atomic E-state index is 15.9. The van der Waals surface area contributed by atoms with Crippen molar-refractivity contribution in [1.82, 2.24) is 52.8 Å². The molecular formula is C89H136N30O20S2. The molecule has 14 atom stereocenters. The summed E-state index contributed by atoms with van der Waals surface area (Å²) in [6, 6.07) is -0.594. The van der Waals surface area contributed by atoms with E-state index < -0.39 is 234 Å². The van der Waals surface area contributed by atoms with Gasteiger partial charge in [0.25, 0.3) is 0 Å². The molecule has 2 heterocycles. The minimum absolute atomic E-state index is 0.00258. The van der Waals surface area contributed by atoms with Crippen molar-refractivity contribution in [3.63, 3.8) is 0 Å². The number of primary amides is 1. The molecule has 4 aromatic rings. The number of phenols is 2. The number of aliphatic imine (C=N–C) groups is 8. The number of aliphatic hydroxyl groups is 8. The first-order valence-electron chi connectivity index (χ1n) is 46.1. The monoisotopic (exact) mass is 2010 g/mol. The van der Waals surface area contributed by atoms with Crippen LogP contribution in [0.1, 0.15) is 145 Å². The molecule has 774 valence electrons. The van der Waals surface area contributed by atoms with Gasteiger partial charge in [0.05, 0.1) is 6.04 Å². The Morgan fingerprint density at radius 1 is 0.433 bits per heavy atom. The Labute approximate surface area is 821 Å². The van der Waals surface area contributed by atoms with Crippen LogP contribution >= 0.6 is 21.6 Å². The van der Waals surface area contributed by atoms with Crippen LogP contribution in [0.15, 0.2) is 131 Å². The van der Waals surface area contributed by atoms with Crippen molar-refractivity contribution in [2.45, 2.75) is 232 Å². The van der Waals surface area contributed by atoms with E-state index in [-0.39, 0.29) is 179 Å². The van der Waals surface area contributed by atoms with Crippen molar-refractivity contribution in [2.24, 2.45) is 85.8 Å². The number of rotatable bonds is 46. The minimum atomic E-state index is -1.99. The molecule has 0 radical (unpaired) electrons. The molecule has 0 bridgehead atoms. The summed E-state index contributed by atoms with van der Waals surface area (Å²) in [6.07, 6.45) is -2.24. The fourth-order valence-corrected chi connectivity index (χ4v) is 17.1. The summed E-state index contributed by atoms with van der Waals surface area (Å²) in [4.78, 5) is 150. The number of amides is 7. The van der Waals surface area contributed by atoms with Gasteiger partial charge in [0.2, 0.25) is 76.7 Å². The molecule has 0 aromatic heterocycles. The van der Waals surface area contributed by atoms with Crippen molar-refractivity contribution < 1.29 is 99.6 Å². The van der Waals surface area contributed by atoms with E-state index in [1.165, 1.54) is 53.4 Å². The zero-order chi connectivity index (χ0) is 104. The topological polar surface area (TPSA) is 893 Å². The third-order valence-electron chi connectivity index (χ3n) is 22.3. The average Bonchev–Trinajstić information content (AvgIpc) is 1.73. The van der Waals surface area contributed by atoms with Crippen molar-refractivity contribution in [3.05, 3.63) is 108 Å². The summed E-state index contributed by atoms with van der Waals surface area (Å²) in [6.45, 7) is 0.109. The first kappa shape index (κ1) is 115. The number of carbonyl (C=O) groups is 8. The summed E-state index contributed by atoms with van der Waals surface area (Å²) in [5.41, 5.74) is 47.4. The van der Waals surface area contributed by atoms with Crippen molar-refractivity contribution >= 4 is 151 Å². The van der Waals surface area contributed by atoms with E-state index >= 15 is 14.4 Å². The maximum absolute atomic E-state index is 15.9. The van der Waals surface area contributed by atoms with Gasteiger partial charge in [-0.2, -0.15) is 0 Å². The molecule has 0 aliphatic carbocycles. The fraction of sp³-hybridized carbons (Fsp3) is 0.528. The second-order valence-electron chi connectivity index (χ2n) is 33.5. The minimum Gasteiger partial charge on any atom is -0.508 e. The lowest BCUT2D eigenvalue weighted by Crippen LogP contribution is -2.58. The second kappa shape index (κ2) is 61.2. The number of hydrogen-bond donors (Lipinski definition) is 33. The van der Waals surface area contributed by atoms with Gasteiger partial charge in [0, 0.05) is 76.5 Å². The van der Waals surface area contributed by atoms with Gasteiger partial charge in [0.1, 0.15) is 90.0 Å². The number of unbranched alkanes of at least 4 members (excludes halogenated alkanes) is 2. The number of nitrogens with two attached hydrogens (primary N) is 8. The summed E-state index contributed by atoms with van der Waals surface area (Å²) in [5.74, 6) is -18.6. The number of nitrogens with zero attached hydrogens (tertiary/aromatic N) is 9. The van der Waals surface area contributed by atoms with Crippen molar-refractivity contribution in [1.29, 1.82) is 21.6 Å². The third kappa shape index (κ3) is 42.5. The highest BCUT2D eigenvalue weighted by molar-refractivity contribution is 8.76. The summed E-state index contributed by atoms with van der Waals surface area (Å²) in [5, 5.41) is 198. The zero-order valence-electron chi connectivity index (χ0n) is 78.2. The van der Waals surface area contributed by atoms with E-state index in [4.69, 9.17) is 67.5 Å². The van der Waals surface area contributed by atoms with E-state index in [0.717, 1.165) is 16.2 Å². The Morgan fingerprint density at radius 3 is 1.35 bits per heavy atom. The quantitative estimate of drug-likeness (QED) is 0.0128. The Bertz CT molecular complexity index is 5070. The van der Waals surface area contributed by atoms with E-state index in [1.54, 1.807) is 36.4 Å². The van der Waals surface area contributed by atoms with Crippen LogP contribution in [0.4, 0.5) is 4.79 Å². The predicted octanol–water partition coefficient (Wildman–Crippen LogP) is 1.24. The number of guanidine groups is 4. The number of fused-ring (bicyclic) bond motifs is 2. The van der Waals surface area contributed by atoms with E-state index in [1.807, 2.05) is 6.07 Å². The van der Waals surface area contributed by atoms with E-state index in [2.05, 4.69) is 87.8 Å². The van der Waals surface area contributed by atoms with E-state index in [9.17, 15) is 85.3 Å². The highest BCUT2D eigenvalue weighted by Gasteiger charge is 2.40. The second-order valence-corrected chi connectivity index (χ2v) is 36.0. The Kier molecular flexibility index (Phi) is 50.1. The van der Waals surface area contributed by atoms with Crippen LogP contribution in [0.5, 0.6) is 11.5 Å². The Hall–Kier alpha value is -14.3. The number of urea groups is 1. The standard InChI is InChI=1S/C89H136N30O20S2/c90-35-5-3-16-57-74(127)112-62(17-4-6-36-91)83(136)119-42-12-22-69(119)82(135)116-65(45-50-26-31-55(121)32-27-50)78(131)111-60(20-10-40-105-88(99)100)73(126)109-61(21-11-41-106-89(101)139)76(129)117-67(80(133)113-63(84(137)138)33-34-70(122)123)47-140-141-48-68(81(134)115-64(44-49-24-29-54(120)30-25-49)77(130)110-59(72(125)108-57)19-9-39-104-87(97)98)118-79(132)66(46-51-23-28-52-13-1-2-14-53(52)43-51)114-75(128)58(18-8-38-103-86(95)96)107-71(124)56(92)15-7-37-102-85(93)94/h1-2,13-14,23-32,43,56-69,120-121H,3-12,15-22,33-42,44-48,90-92H2,(H,107,124)(H,108,125)(H,109,126)(H,110,130)(H,111,131)(H,112,127)(H,113,133)(H,114,128)(H,115,134)(H,116,135)(H,117,129)(H,118,132)(H,122,123)(H,137,138)(H4,93,94,102)(H4,95,96,103)(H4,97,98,104)(H4,99,100,105)(H3,101,106,139)/t56-,57?,58+,59?,60-,61-,62?,63-,64-,65-,66-,67-,68?,69+/m1/s1. The Morgan fingerprint density at radius 2 is 0.858 bits per heavy atom. The lowest BCUT2D eigenvalue weighted by atomic mass is 10.00. The maximum Gasteiger partial charge on any atom is 0.326 e. The molecule has 1 saturated heterocycles. The van der Waals surface area contributed by atoms with Gasteiger partial charge in [-0.25, -0.2) is 49.5 Å². The van der Waals surface area contributed by atoms with Crippen LogP contribution in [0.25, 0.3) is 10.8 Å². The molecule has 50 nitrogen and oxygen atoms in total. The van der Waals surface area contributed by atoms with E-state index in [0.29, 0.717) is 45.7 Å². The normalized spacial score (nSPS) is 20.4. The molecule has 41 N–H and O–H groups in total. The number of phenolic OH excluding ortho intramolecular Hbond substituents is 2. The molecule has 141 heavy (non-hydrogen) atoms. The van der Waals surface area contributed by atoms with Crippen LogP contribution in [0.2, 0.25) is 0 Å². The van der Waals surface area contributed by atoms with Gasteiger partial charge in [-0.3, -0.25) is 50.4 Å². The van der Waals surface area contributed by atoms with Gasteiger partial charge < -0.3 is 160 Å². The zero-order valence-corrected chi connectivity index (χ0v) is 79.8. The molecule has 4 aromatic carbocycles. The number of nitrogens with one attached hydrogen (secondary N) is 13. The predicted molar refractivity (Wildman–Crippen MR) is 541 cm³/mol. The molecule has 4 unspecified atom stereocenters. The number of aliphatic hydroxyl groups excluding tert-OH is 8. The van der Waals surface area contributed by atoms with Gasteiger partial charge in [-0.1, -0.05) is 88.3 Å². The first-order chi connectivity index (χ1) is 67.2. The number of carboxylic acids is 2. The molecule has 0 saturated carbocycles. The number of aromatic hydroxyl groups is 2. The molecule has 6 rings (SSSR count). The SMILES string of the molecule is N=C(N)NCCCC1N=C(O)[C@@H](Cc2ccc(O)cc2)N=C(O)C(NC(=O)[C@@H](Cc2ccc3ccccc3c2)NC(=O)[C@H](CCCNC(=N)N)NC(=O)[C@H](N)CCCNC(=N)N)CSSC[C@H](C(=O)N[C@H](CCC(=O)O)C(=O)O)N=C(O)[C@@H](CCCNC(N)=O)N=C(O)[C@@H](CCCNC(=N)N)N=C(O)[C@@H](Cc2ccc(O)cc2)N=C(O)[C@@H]2CCCN2C(=O)C(CCCCN)N=C(O)C(CCCCN)N=C1O.